The van der Waals surface area contributed by atoms with Crippen LogP contribution in [0.4, 0.5) is 5.69 Å². The molecule has 1 N–H and O–H groups in total. The summed E-state index contributed by atoms with van der Waals surface area (Å²) in [7, 11) is 0. The summed E-state index contributed by atoms with van der Waals surface area (Å²) in [6.07, 6.45) is -0.971. The molecule has 0 aromatic heterocycles. The fourth-order valence-corrected chi connectivity index (χ4v) is 3.03. The molecule has 2 rings (SSSR count). The molecule has 9 heteroatoms. The third-order valence-electron chi connectivity index (χ3n) is 5.48. The SMILES string of the molecule is CCC(C)(C)OC(=O)[C@H](O)[C@H](C)OCCN(C=O)c1cccc(C(=O)N2CCOCC2)c1. The van der Waals surface area contributed by atoms with Crippen LogP contribution < -0.4 is 4.90 Å². The highest BCUT2D eigenvalue weighted by molar-refractivity contribution is 5.95. The van der Waals surface area contributed by atoms with Gasteiger partial charge in [-0.15, -0.1) is 0 Å². The van der Waals surface area contributed by atoms with Crippen LogP contribution in [0, 0.1) is 0 Å². The number of aliphatic hydroxyl groups is 1. The molecule has 1 aliphatic heterocycles. The summed E-state index contributed by atoms with van der Waals surface area (Å²) in [4.78, 5) is 39.6. The number of anilines is 1. The molecule has 2 amide bonds. The van der Waals surface area contributed by atoms with E-state index in [1.165, 1.54) is 4.90 Å². The van der Waals surface area contributed by atoms with Crippen molar-refractivity contribution < 1.29 is 33.7 Å². The molecule has 9 nitrogen and oxygen atoms in total. The number of carbonyl (C=O) groups is 3. The number of hydrogen-bond donors (Lipinski definition) is 1. The molecular weight excluding hydrogens is 416 g/mol. The predicted molar refractivity (Wildman–Crippen MR) is 118 cm³/mol. The Hall–Kier alpha value is -2.49. The quantitative estimate of drug-likeness (QED) is 0.403. The van der Waals surface area contributed by atoms with Crippen LogP contribution in [0.15, 0.2) is 24.3 Å². The Balaban J connectivity index is 1.91. The summed E-state index contributed by atoms with van der Waals surface area (Å²) in [5.74, 6) is -0.853. The van der Waals surface area contributed by atoms with Crippen LogP contribution in [0.2, 0.25) is 0 Å². The standard InChI is InChI=1S/C23H34N2O7/c1-5-23(3,4)32-22(29)20(27)17(2)31-14-11-25(16-26)19-8-6-7-18(15-19)21(28)24-9-12-30-13-10-24/h6-8,15-17,20,27H,5,9-14H2,1-4H3/t17-,20+/m0/s1. The predicted octanol–water partition coefficient (Wildman–Crippen LogP) is 1.62. The van der Waals surface area contributed by atoms with E-state index < -0.39 is 23.8 Å². The molecule has 2 atom stereocenters. The van der Waals surface area contributed by atoms with E-state index in [0.717, 1.165) is 0 Å². The number of nitrogens with zero attached hydrogens (tertiary/aromatic N) is 2. The molecule has 1 aromatic carbocycles. The van der Waals surface area contributed by atoms with Gasteiger partial charge in [-0.3, -0.25) is 9.59 Å². The summed E-state index contributed by atoms with van der Waals surface area (Å²) in [5.41, 5.74) is 0.373. The molecule has 178 valence electrons. The van der Waals surface area contributed by atoms with E-state index in [1.807, 2.05) is 6.92 Å². The van der Waals surface area contributed by atoms with Crippen molar-refractivity contribution in [1.29, 1.82) is 0 Å². The Morgan fingerprint density at radius 3 is 2.62 bits per heavy atom. The van der Waals surface area contributed by atoms with E-state index in [4.69, 9.17) is 14.2 Å². The molecule has 0 spiro atoms. The fraction of sp³-hybridized carbons (Fsp3) is 0.609. The lowest BCUT2D eigenvalue weighted by atomic mass is 10.1. The van der Waals surface area contributed by atoms with Gasteiger partial charge in [0.2, 0.25) is 6.41 Å². The fourth-order valence-electron chi connectivity index (χ4n) is 3.03. The van der Waals surface area contributed by atoms with Gasteiger partial charge >= 0.3 is 5.97 Å². The minimum Gasteiger partial charge on any atom is -0.458 e. The second kappa shape index (κ2) is 11.9. The van der Waals surface area contributed by atoms with E-state index in [-0.39, 0.29) is 19.1 Å². The number of hydrogen-bond acceptors (Lipinski definition) is 7. The van der Waals surface area contributed by atoms with Gasteiger partial charge < -0.3 is 29.1 Å². The maximum Gasteiger partial charge on any atom is 0.338 e. The minimum absolute atomic E-state index is 0.0864. The molecule has 0 bridgehead atoms. The molecule has 32 heavy (non-hydrogen) atoms. The first-order valence-electron chi connectivity index (χ1n) is 10.9. The summed E-state index contributed by atoms with van der Waals surface area (Å²) in [6.45, 7) is 9.35. The zero-order valence-corrected chi connectivity index (χ0v) is 19.3. The van der Waals surface area contributed by atoms with Crippen LogP contribution >= 0.6 is 0 Å². The van der Waals surface area contributed by atoms with Gasteiger partial charge in [0.1, 0.15) is 5.60 Å². The van der Waals surface area contributed by atoms with Crippen molar-refractivity contribution in [3.05, 3.63) is 29.8 Å². The molecule has 1 aliphatic rings. The molecule has 0 radical (unpaired) electrons. The van der Waals surface area contributed by atoms with Crippen molar-refractivity contribution in [2.45, 2.75) is 51.9 Å². The maximum absolute atomic E-state index is 12.7. The van der Waals surface area contributed by atoms with Crippen molar-refractivity contribution in [3.8, 4) is 0 Å². The van der Waals surface area contributed by atoms with Crippen molar-refractivity contribution in [2.24, 2.45) is 0 Å². The highest BCUT2D eigenvalue weighted by Crippen LogP contribution is 2.18. The number of rotatable bonds is 11. The first kappa shape index (κ1) is 25.8. The number of esters is 1. The van der Waals surface area contributed by atoms with Crippen molar-refractivity contribution in [1.82, 2.24) is 4.90 Å². The summed E-state index contributed by atoms with van der Waals surface area (Å²) < 4.78 is 16.1. The van der Waals surface area contributed by atoms with Gasteiger partial charge in [-0.2, -0.15) is 0 Å². The van der Waals surface area contributed by atoms with Gasteiger partial charge in [0, 0.05) is 30.9 Å². The van der Waals surface area contributed by atoms with Crippen LogP contribution in [-0.2, 0) is 23.8 Å². The molecule has 1 aromatic rings. The largest absolute Gasteiger partial charge is 0.458 e. The zero-order chi connectivity index (χ0) is 23.7. The lowest BCUT2D eigenvalue weighted by Gasteiger charge is -2.27. The van der Waals surface area contributed by atoms with Crippen LogP contribution in [-0.4, -0.2) is 85.6 Å². The lowest BCUT2D eigenvalue weighted by molar-refractivity contribution is -0.174. The van der Waals surface area contributed by atoms with Gasteiger partial charge in [0.25, 0.3) is 5.91 Å². The van der Waals surface area contributed by atoms with Gasteiger partial charge in [-0.25, -0.2) is 4.79 Å². The number of aliphatic hydroxyl groups excluding tert-OH is 1. The van der Waals surface area contributed by atoms with E-state index >= 15 is 0 Å². The Morgan fingerprint density at radius 2 is 2.00 bits per heavy atom. The van der Waals surface area contributed by atoms with Gasteiger partial charge in [-0.1, -0.05) is 13.0 Å². The second-order valence-corrected chi connectivity index (χ2v) is 8.31. The van der Waals surface area contributed by atoms with E-state index in [1.54, 1.807) is 49.9 Å². The monoisotopic (exact) mass is 450 g/mol. The minimum atomic E-state index is -1.43. The van der Waals surface area contributed by atoms with Gasteiger partial charge in [0.15, 0.2) is 6.10 Å². The lowest BCUT2D eigenvalue weighted by Crippen LogP contribution is -2.41. The molecular formula is C23H34N2O7. The molecule has 0 saturated carbocycles. The Bertz CT molecular complexity index is 777. The molecule has 1 saturated heterocycles. The highest BCUT2D eigenvalue weighted by Gasteiger charge is 2.30. The average molecular weight is 451 g/mol. The average Bonchev–Trinajstić information content (AvgIpc) is 2.81. The summed E-state index contributed by atoms with van der Waals surface area (Å²) >= 11 is 0. The first-order valence-corrected chi connectivity index (χ1v) is 10.9. The second-order valence-electron chi connectivity index (χ2n) is 8.31. The van der Waals surface area contributed by atoms with Crippen LogP contribution in [0.5, 0.6) is 0 Å². The van der Waals surface area contributed by atoms with Gasteiger partial charge in [0.05, 0.1) is 25.9 Å². The molecule has 1 fully saturated rings. The Labute approximate surface area is 189 Å². The van der Waals surface area contributed by atoms with E-state index in [0.29, 0.717) is 50.4 Å². The van der Waals surface area contributed by atoms with Crippen LogP contribution in [0.3, 0.4) is 0 Å². The number of amides is 2. The number of morpholine rings is 1. The molecule has 0 unspecified atom stereocenters. The maximum atomic E-state index is 12.7. The smallest absolute Gasteiger partial charge is 0.338 e. The molecule has 1 heterocycles. The van der Waals surface area contributed by atoms with E-state index in [9.17, 15) is 19.5 Å². The third-order valence-corrected chi connectivity index (χ3v) is 5.48. The Kier molecular flexibility index (Phi) is 9.61. The number of ether oxygens (including phenoxy) is 3. The van der Waals surface area contributed by atoms with Crippen molar-refractivity contribution in [3.63, 3.8) is 0 Å². The summed E-state index contributed by atoms with van der Waals surface area (Å²) in [6, 6.07) is 6.82. The summed E-state index contributed by atoms with van der Waals surface area (Å²) in [5, 5.41) is 10.2. The normalized spacial score (nSPS) is 16.2. The van der Waals surface area contributed by atoms with E-state index in [2.05, 4.69) is 0 Å². The zero-order valence-electron chi connectivity index (χ0n) is 19.3. The van der Waals surface area contributed by atoms with Crippen molar-refractivity contribution >= 4 is 24.0 Å². The number of benzene rings is 1. The topological polar surface area (TPSA) is 106 Å². The number of carbonyl (C=O) groups excluding carboxylic acids is 3. The highest BCUT2D eigenvalue weighted by atomic mass is 16.6. The van der Waals surface area contributed by atoms with Crippen LogP contribution in [0.1, 0.15) is 44.5 Å². The van der Waals surface area contributed by atoms with Gasteiger partial charge in [-0.05, 0) is 45.4 Å². The van der Waals surface area contributed by atoms with Crippen LogP contribution in [0.25, 0.3) is 0 Å². The molecule has 0 aliphatic carbocycles. The third kappa shape index (κ3) is 7.29. The van der Waals surface area contributed by atoms with Crippen molar-refractivity contribution in [2.75, 3.05) is 44.4 Å². The Morgan fingerprint density at radius 1 is 1.31 bits per heavy atom. The first-order chi connectivity index (χ1) is 15.2.